The van der Waals surface area contributed by atoms with E-state index in [9.17, 15) is 19.8 Å². The molecule has 0 aliphatic carbocycles. The minimum absolute atomic E-state index is 0.0661. The predicted molar refractivity (Wildman–Crippen MR) is 306 cm³/mol. The summed E-state index contributed by atoms with van der Waals surface area (Å²) >= 11 is 0. The molecule has 6 heteroatoms. The molecule has 0 heterocycles. The van der Waals surface area contributed by atoms with Gasteiger partial charge < -0.3 is 20.3 Å². The van der Waals surface area contributed by atoms with Crippen LogP contribution in [0, 0.1) is 0 Å². The molecular formula is C64H123NO5. The summed E-state index contributed by atoms with van der Waals surface area (Å²) in [6.07, 6.45) is 69.7. The summed E-state index contributed by atoms with van der Waals surface area (Å²) in [7, 11) is 0. The number of hydrogen-bond acceptors (Lipinski definition) is 5. The molecule has 0 saturated carbocycles. The smallest absolute Gasteiger partial charge is 0.306 e. The predicted octanol–water partition coefficient (Wildman–Crippen LogP) is 19.8. The summed E-state index contributed by atoms with van der Waals surface area (Å²) in [5.74, 6) is -0.476. The summed E-state index contributed by atoms with van der Waals surface area (Å²) in [5, 5.41) is 24.0. The van der Waals surface area contributed by atoms with E-state index in [-0.39, 0.29) is 24.9 Å². The van der Waals surface area contributed by atoms with Crippen LogP contribution in [0.1, 0.15) is 348 Å². The zero-order chi connectivity index (χ0) is 50.9. The number of esters is 1. The van der Waals surface area contributed by atoms with Crippen molar-refractivity contribution in [3.8, 4) is 0 Å². The second-order valence-corrected chi connectivity index (χ2v) is 21.9. The Morgan fingerprint density at radius 1 is 0.414 bits per heavy atom. The lowest BCUT2D eigenvalue weighted by Crippen LogP contribution is -2.46. The molecule has 0 saturated heterocycles. The summed E-state index contributed by atoms with van der Waals surface area (Å²) < 4.78 is 5.97. The van der Waals surface area contributed by atoms with E-state index < -0.39 is 18.2 Å². The zero-order valence-electron chi connectivity index (χ0n) is 47.4. The quantitative estimate of drug-likeness (QED) is 0.0321. The number of carbonyl (C=O) groups excluding carboxylic acids is 2. The number of amides is 1. The molecule has 0 aromatic heterocycles. The van der Waals surface area contributed by atoms with E-state index in [1.54, 1.807) is 0 Å². The zero-order valence-corrected chi connectivity index (χ0v) is 47.4. The van der Waals surface area contributed by atoms with Crippen molar-refractivity contribution in [3.05, 3.63) is 24.3 Å². The van der Waals surface area contributed by atoms with Crippen LogP contribution >= 0.6 is 0 Å². The van der Waals surface area contributed by atoms with Crippen LogP contribution in [-0.4, -0.2) is 46.9 Å². The van der Waals surface area contributed by atoms with Crippen LogP contribution in [0.5, 0.6) is 0 Å². The first kappa shape index (κ1) is 68.3. The van der Waals surface area contributed by atoms with Gasteiger partial charge in [0, 0.05) is 6.42 Å². The topological polar surface area (TPSA) is 95.9 Å². The molecule has 70 heavy (non-hydrogen) atoms. The molecule has 0 rings (SSSR count). The molecule has 0 aliphatic rings. The Kier molecular flexibility index (Phi) is 56.9. The minimum Gasteiger partial charge on any atom is -0.462 e. The third kappa shape index (κ3) is 52.7. The second-order valence-electron chi connectivity index (χ2n) is 21.9. The lowest BCUT2D eigenvalue weighted by atomic mass is 10.0. The highest BCUT2D eigenvalue weighted by Crippen LogP contribution is 2.19. The van der Waals surface area contributed by atoms with E-state index >= 15 is 0 Å². The average molecular weight is 987 g/mol. The van der Waals surface area contributed by atoms with Crippen LogP contribution in [0.25, 0.3) is 0 Å². The Hall–Kier alpha value is -1.66. The number of allylic oxidation sites excluding steroid dienone is 4. The van der Waals surface area contributed by atoms with Crippen LogP contribution in [0.2, 0.25) is 0 Å². The Morgan fingerprint density at radius 3 is 1.07 bits per heavy atom. The lowest BCUT2D eigenvalue weighted by Gasteiger charge is -2.24. The Morgan fingerprint density at radius 2 is 0.714 bits per heavy atom. The van der Waals surface area contributed by atoms with E-state index in [0.29, 0.717) is 19.3 Å². The number of aliphatic hydroxyl groups excluding tert-OH is 2. The van der Waals surface area contributed by atoms with Gasteiger partial charge in [-0.25, -0.2) is 0 Å². The van der Waals surface area contributed by atoms with Gasteiger partial charge in [0.15, 0.2) is 0 Å². The van der Waals surface area contributed by atoms with Gasteiger partial charge in [0.05, 0.1) is 25.2 Å². The fraction of sp³-hybridized carbons (Fsp3) is 0.906. The molecular weight excluding hydrogens is 863 g/mol. The number of ether oxygens (including phenoxy) is 1. The van der Waals surface area contributed by atoms with Gasteiger partial charge in [0.25, 0.3) is 0 Å². The third-order valence-electron chi connectivity index (χ3n) is 14.8. The van der Waals surface area contributed by atoms with Gasteiger partial charge in [-0.05, 0) is 51.4 Å². The molecule has 414 valence electrons. The molecule has 0 aromatic rings. The highest BCUT2D eigenvalue weighted by molar-refractivity contribution is 5.77. The van der Waals surface area contributed by atoms with Crippen molar-refractivity contribution in [2.24, 2.45) is 0 Å². The molecule has 0 spiro atoms. The number of hydrogen-bond donors (Lipinski definition) is 3. The summed E-state index contributed by atoms with van der Waals surface area (Å²) in [6.45, 7) is 6.53. The maximum absolute atomic E-state index is 13.3. The minimum atomic E-state index is -0.793. The molecule has 0 aliphatic heterocycles. The number of rotatable bonds is 58. The maximum Gasteiger partial charge on any atom is 0.306 e. The van der Waals surface area contributed by atoms with E-state index in [2.05, 4.69) is 50.4 Å². The second kappa shape index (κ2) is 58.2. The lowest BCUT2D eigenvalue weighted by molar-refractivity contribution is -0.151. The average Bonchev–Trinajstić information content (AvgIpc) is 3.35. The van der Waals surface area contributed by atoms with Crippen molar-refractivity contribution in [2.45, 2.75) is 366 Å². The van der Waals surface area contributed by atoms with E-state index in [1.807, 2.05) is 0 Å². The van der Waals surface area contributed by atoms with Crippen LogP contribution in [0.4, 0.5) is 0 Å². The van der Waals surface area contributed by atoms with Crippen molar-refractivity contribution in [1.82, 2.24) is 5.32 Å². The van der Waals surface area contributed by atoms with Crippen LogP contribution in [0.15, 0.2) is 24.3 Å². The van der Waals surface area contributed by atoms with E-state index in [1.165, 1.54) is 238 Å². The van der Waals surface area contributed by atoms with Gasteiger partial charge in [-0.2, -0.15) is 0 Å². The number of nitrogens with one attached hydrogen (secondary N) is 1. The fourth-order valence-corrected chi connectivity index (χ4v) is 10.0. The largest absolute Gasteiger partial charge is 0.462 e. The highest BCUT2D eigenvalue weighted by Gasteiger charge is 2.24. The SMILES string of the molecule is CCCCCCCCC/C=C/C=C/CCCCCC(CC(=O)NC(CO)C(O)CCCCCCCCCCCCCCCCCCC)OC(=O)CCCCCCCCCCCCCCCCCCCC. The summed E-state index contributed by atoms with van der Waals surface area (Å²) in [5.41, 5.74) is 0. The third-order valence-corrected chi connectivity index (χ3v) is 14.8. The summed E-state index contributed by atoms with van der Waals surface area (Å²) in [6, 6.07) is -0.707. The van der Waals surface area contributed by atoms with Crippen LogP contribution in [-0.2, 0) is 14.3 Å². The number of aliphatic hydroxyl groups is 2. The Bertz CT molecular complexity index is 1110. The normalized spacial score (nSPS) is 13.2. The van der Waals surface area contributed by atoms with Gasteiger partial charge in [-0.15, -0.1) is 0 Å². The van der Waals surface area contributed by atoms with Gasteiger partial charge in [0.1, 0.15) is 6.10 Å². The van der Waals surface area contributed by atoms with Crippen LogP contribution < -0.4 is 5.32 Å². The number of carbonyl (C=O) groups is 2. The Labute approximate surface area is 437 Å². The molecule has 0 aromatic carbocycles. The first-order chi connectivity index (χ1) is 34.5. The molecule has 0 bridgehead atoms. The van der Waals surface area contributed by atoms with Crippen LogP contribution in [0.3, 0.4) is 0 Å². The standard InChI is InChI=1S/C64H123NO5/c1-4-7-10-13-16-19-22-25-28-31-33-36-39-42-45-48-51-54-57-64(69)70-60(55-52-49-46-43-40-37-34-30-27-24-21-18-15-12-9-6-3)58-63(68)65-61(59-66)62(67)56-53-50-47-44-41-38-35-32-29-26-23-20-17-14-11-8-5-2/h30,34,37,40,60-62,66-67H,4-29,31-33,35-36,38-39,41-59H2,1-3H3,(H,65,68)/b34-30+,40-37+. The van der Waals surface area contributed by atoms with E-state index in [0.717, 1.165) is 64.2 Å². The fourth-order valence-electron chi connectivity index (χ4n) is 10.0. The molecule has 0 fully saturated rings. The molecule has 3 N–H and O–H groups in total. The van der Waals surface area contributed by atoms with Crippen molar-refractivity contribution in [2.75, 3.05) is 6.61 Å². The molecule has 1 amide bonds. The highest BCUT2D eigenvalue weighted by atomic mass is 16.5. The van der Waals surface area contributed by atoms with Crippen molar-refractivity contribution < 1.29 is 24.5 Å². The molecule has 3 atom stereocenters. The first-order valence-corrected chi connectivity index (χ1v) is 31.6. The maximum atomic E-state index is 13.3. The van der Waals surface area contributed by atoms with Gasteiger partial charge in [-0.3, -0.25) is 9.59 Å². The number of unbranched alkanes of at least 4 members (excludes halogenated alkanes) is 43. The van der Waals surface area contributed by atoms with E-state index in [4.69, 9.17) is 4.74 Å². The van der Waals surface area contributed by atoms with Gasteiger partial charge in [0.2, 0.25) is 5.91 Å². The molecule has 3 unspecified atom stereocenters. The first-order valence-electron chi connectivity index (χ1n) is 31.6. The van der Waals surface area contributed by atoms with Crippen molar-refractivity contribution in [3.63, 3.8) is 0 Å². The van der Waals surface area contributed by atoms with Crippen molar-refractivity contribution in [1.29, 1.82) is 0 Å². The van der Waals surface area contributed by atoms with Crippen molar-refractivity contribution >= 4 is 11.9 Å². The summed E-state index contributed by atoms with van der Waals surface area (Å²) in [4.78, 5) is 26.4. The Balaban J connectivity index is 4.52. The molecule has 6 nitrogen and oxygen atoms in total. The molecule has 0 radical (unpaired) electrons. The van der Waals surface area contributed by atoms with Gasteiger partial charge >= 0.3 is 5.97 Å². The monoisotopic (exact) mass is 986 g/mol. The van der Waals surface area contributed by atoms with Gasteiger partial charge in [-0.1, -0.05) is 308 Å².